The molecular weight excluding hydrogens is 278 g/mol. The van der Waals surface area contributed by atoms with Crippen LogP contribution in [-0.2, 0) is 6.42 Å². The van der Waals surface area contributed by atoms with Crippen LogP contribution in [0.25, 0.3) is 0 Å². The van der Waals surface area contributed by atoms with Crippen molar-refractivity contribution in [1.29, 1.82) is 0 Å². The number of fused-ring (bicyclic) bond motifs is 1. The van der Waals surface area contributed by atoms with Crippen molar-refractivity contribution in [2.24, 2.45) is 0 Å². The van der Waals surface area contributed by atoms with Crippen LogP contribution in [0.1, 0.15) is 32.0 Å². The smallest absolute Gasteiger partial charge is 0.336 e. The lowest BCUT2D eigenvalue weighted by Gasteiger charge is -2.29. The van der Waals surface area contributed by atoms with Gasteiger partial charge in [0.15, 0.2) is 0 Å². The monoisotopic (exact) mass is 289 g/mol. The zero-order valence-corrected chi connectivity index (χ0v) is 11.3. The Balaban J connectivity index is 2.05. The van der Waals surface area contributed by atoms with Gasteiger partial charge in [0.1, 0.15) is 4.88 Å². The minimum atomic E-state index is -0.962. The summed E-state index contributed by atoms with van der Waals surface area (Å²) >= 11 is 1.04. The van der Waals surface area contributed by atoms with Crippen LogP contribution in [0, 0.1) is 0 Å². The molecule has 1 aromatic carbocycles. The molecule has 1 aromatic heterocycles. The summed E-state index contributed by atoms with van der Waals surface area (Å²) in [5.41, 5.74) is 1.66. The van der Waals surface area contributed by atoms with Crippen LogP contribution in [0.15, 0.2) is 24.4 Å². The third kappa shape index (κ3) is 2.05. The Morgan fingerprint density at radius 1 is 1.35 bits per heavy atom. The second kappa shape index (κ2) is 5.01. The van der Waals surface area contributed by atoms with Gasteiger partial charge < -0.3 is 10.0 Å². The largest absolute Gasteiger partial charge is 0.478 e. The fourth-order valence-corrected chi connectivity index (χ4v) is 2.90. The first-order valence-electron chi connectivity index (χ1n) is 6.13. The van der Waals surface area contributed by atoms with Gasteiger partial charge in [-0.1, -0.05) is 10.6 Å². The Bertz CT molecular complexity index is 670. The molecule has 2 aromatic rings. The lowest BCUT2D eigenvalue weighted by atomic mass is 9.96. The van der Waals surface area contributed by atoms with E-state index in [-0.39, 0.29) is 11.5 Å². The minimum Gasteiger partial charge on any atom is -0.478 e. The average Bonchev–Trinajstić information content (AvgIpc) is 2.99. The molecule has 0 unspecified atom stereocenters. The molecule has 0 spiro atoms. The van der Waals surface area contributed by atoms with Crippen molar-refractivity contribution in [1.82, 2.24) is 9.59 Å². The van der Waals surface area contributed by atoms with Gasteiger partial charge in [-0.15, -0.1) is 5.10 Å². The molecule has 0 radical (unpaired) electrons. The van der Waals surface area contributed by atoms with Crippen LogP contribution in [0.5, 0.6) is 0 Å². The average molecular weight is 289 g/mol. The van der Waals surface area contributed by atoms with Gasteiger partial charge >= 0.3 is 5.97 Å². The number of rotatable bonds is 2. The number of benzene rings is 1. The van der Waals surface area contributed by atoms with E-state index in [0.717, 1.165) is 23.5 Å². The van der Waals surface area contributed by atoms with E-state index in [4.69, 9.17) is 0 Å². The quantitative estimate of drug-likeness (QED) is 0.911. The van der Waals surface area contributed by atoms with Gasteiger partial charge in [0.05, 0.1) is 11.8 Å². The molecule has 0 aliphatic carbocycles. The van der Waals surface area contributed by atoms with Crippen molar-refractivity contribution in [2.45, 2.75) is 12.8 Å². The summed E-state index contributed by atoms with van der Waals surface area (Å²) in [5.74, 6) is -1.14. The van der Waals surface area contributed by atoms with Crippen LogP contribution < -0.4 is 4.90 Å². The number of carboxylic acid groups (broad SMARTS) is 1. The molecule has 3 rings (SSSR count). The Morgan fingerprint density at radius 3 is 2.90 bits per heavy atom. The fraction of sp³-hybridized carbons (Fsp3) is 0.231. The van der Waals surface area contributed by atoms with E-state index < -0.39 is 5.97 Å². The van der Waals surface area contributed by atoms with Crippen molar-refractivity contribution >= 4 is 29.1 Å². The SMILES string of the molecule is O=C(O)c1cccc2c1CCCN2C(=O)c1cnns1. The van der Waals surface area contributed by atoms with E-state index in [0.29, 0.717) is 23.5 Å². The molecule has 20 heavy (non-hydrogen) atoms. The van der Waals surface area contributed by atoms with Crippen molar-refractivity contribution in [3.05, 3.63) is 40.4 Å². The molecule has 0 saturated heterocycles. The maximum Gasteiger partial charge on any atom is 0.336 e. The summed E-state index contributed by atoms with van der Waals surface area (Å²) in [7, 11) is 0. The molecule has 1 amide bonds. The molecule has 0 fully saturated rings. The minimum absolute atomic E-state index is 0.177. The Hall–Kier alpha value is -2.28. The second-order valence-corrected chi connectivity index (χ2v) is 5.24. The van der Waals surface area contributed by atoms with Gasteiger partial charge in [0, 0.05) is 12.2 Å². The van der Waals surface area contributed by atoms with Crippen molar-refractivity contribution in [2.75, 3.05) is 11.4 Å². The van der Waals surface area contributed by atoms with E-state index in [1.165, 1.54) is 6.20 Å². The predicted octanol–water partition coefficient (Wildman–Crippen LogP) is 1.83. The van der Waals surface area contributed by atoms with Gasteiger partial charge in [0.2, 0.25) is 0 Å². The molecule has 0 saturated carbocycles. The molecule has 1 N–H and O–H groups in total. The van der Waals surface area contributed by atoms with E-state index in [9.17, 15) is 14.7 Å². The van der Waals surface area contributed by atoms with Crippen molar-refractivity contribution in [3.63, 3.8) is 0 Å². The van der Waals surface area contributed by atoms with Crippen LogP contribution in [0.4, 0.5) is 5.69 Å². The topological polar surface area (TPSA) is 83.4 Å². The molecular formula is C13H11N3O3S. The number of hydrogen-bond acceptors (Lipinski definition) is 5. The highest BCUT2D eigenvalue weighted by Gasteiger charge is 2.27. The van der Waals surface area contributed by atoms with Gasteiger partial charge in [-0.2, -0.15) is 0 Å². The number of aromatic nitrogens is 2. The number of carboxylic acids is 1. The normalized spacial score (nSPS) is 13.9. The molecule has 1 aliphatic heterocycles. The number of hydrogen-bond donors (Lipinski definition) is 1. The molecule has 1 aliphatic rings. The molecule has 6 nitrogen and oxygen atoms in total. The van der Waals surface area contributed by atoms with E-state index in [2.05, 4.69) is 9.59 Å². The number of aromatic carboxylic acids is 1. The Labute approximate surface area is 118 Å². The molecule has 7 heteroatoms. The summed E-state index contributed by atoms with van der Waals surface area (Å²) in [6.07, 6.45) is 2.85. The molecule has 0 bridgehead atoms. The summed E-state index contributed by atoms with van der Waals surface area (Å²) < 4.78 is 3.69. The standard InChI is InChI=1S/C13H11N3O3S/c17-12(11-7-14-15-20-11)16-6-2-4-8-9(13(18)19)3-1-5-10(8)16/h1,3,5,7H,2,4,6H2,(H,18,19). The molecule has 102 valence electrons. The van der Waals surface area contributed by atoms with E-state index in [1.54, 1.807) is 23.1 Å². The molecule has 0 atom stereocenters. The lowest BCUT2D eigenvalue weighted by Crippen LogP contribution is -2.35. The van der Waals surface area contributed by atoms with Gasteiger partial charge in [0.25, 0.3) is 5.91 Å². The maximum absolute atomic E-state index is 12.4. The van der Waals surface area contributed by atoms with Crippen LogP contribution in [-0.4, -0.2) is 33.1 Å². The summed E-state index contributed by atoms with van der Waals surface area (Å²) in [6.45, 7) is 0.576. The number of nitrogens with zero attached hydrogens (tertiary/aromatic N) is 3. The van der Waals surface area contributed by atoms with Gasteiger partial charge in [-0.3, -0.25) is 4.79 Å². The lowest BCUT2D eigenvalue weighted by molar-refractivity contribution is 0.0695. The summed E-state index contributed by atoms with van der Waals surface area (Å²) in [5, 5.41) is 12.9. The number of carbonyl (C=O) groups is 2. The highest BCUT2D eigenvalue weighted by molar-refractivity contribution is 7.07. The summed E-state index contributed by atoms with van der Waals surface area (Å²) in [6, 6.07) is 5.02. The number of anilines is 1. The zero-order valence-electron chi connectivity index (χ0n) is 10.4. The van der Waals surface area contributed by atoms with Crippen LogP contribution in [0.2, 0.25) is 0 Å². The third-order valence-corrected chi connectivity index (χ3v) is 3.95. The second-order valence-electron chi connectivity index (χ2n) is 4.45. The van der Waals surface area contributed by atoms with E-state index >= 15 is 0 Å². The highest BCUT2D eigenvalue weighted by atomic mass is 32.1. The maximum atomic E-state index is 12.4. The first-order chi connectivity index (χ1) is 9.68. The van der Waals surface area contributed by atoms with Crippen LogP contribution >= 0.6 is 11.5 Å². The highest BCUT2D eigenvalue weighted by Crippen LogP contribution is 2.31. The van der Waals surface area contributed by atoms with Crippen molar-refractivity contribution in [3.8, 4) is 0 Å². The summed E-state index contributed by atoms with van der Waals surface area (Å²) in [4.78, 5) is 25.7. The third-order valence-electron chi connectivity index (χ3n) is 3.30. The fourth-order valence-electron chi connectivity index (χ4n) is 2.43. The van der Waals surface area contributed by atoms with Gasteiger partial charge in [-0.05, 0) is 42.1 Å². The van der Waals surface area contributed by atoms with Crippen molar-refractivity contribution < 1.29 is 14.7 Å². The first-order valence-corrected chi connectivity index (χ1v) is 6.90. The number of carbonyl (C=O) groups excluding carboxylic acids is 1. The molecule has 2 heterocycles. The zero-order chi connectivity index (χ0) is 14.1. The Kier molecular flexibility index (Phi) is 3.19. The first kappa shape index (κ1) is 12.7. The van der Waals surface area contributed by atoms with E-state index in [1.807, 2.05) is 0 Å². The predicted molar refractivity (Wildman–Crippen MR) is 73.3 cm³/mol. The van der Waals surface area contributed by atoms with Gasteiger partial charge in [-0.25, -0.2) is 4.79 Å². The van der Waals surface area contributed by atoms with Crippen LogP contribution in [0.3, 0.4) is 0 Å². The number of amides is 1. The Morgan fingerprint density at radius 2 is 2.20 bits per heavy atom.